The minimum Gasteiger partial charge on any atom is -0.303 e. The lowest BCUT2D eigenvalue weighted by molar-refractivity contribution is -0.109. The van der Waals surface area contributed by atoms with Gasteiger partial charge >= 0.3 is 0 Å². The van der Waals surface area contributed by atoms with Gasteiger partial charge in [0.25, 0.3) is 0 Å². The summed E-state index contributed by atoms with van der Waals surface area (Å²) in [5.41, 5.74) is 1.08. The topological polar surface area (TPSA) is 17.1 Å². The number of carbonyl (C=O) groups is 1. The summed E-state index contributed by atoms with van der Waals surface area (Å²) in [7, 11) is 0. The molecule has 0 heterocycles. The molecule has 1 nitrogen and oxygen atoms in total. The Morgan fingerprint density at radius 2 is 2.21 bits per heavy atom. The smallest absolute Gasteiger partial charge is 0.123 e. The number of hydrogen-bond donors (Lipinski definition) is 0. The summed E-state index contributed by atoms with van der Waals surface area (Å²) in [6.45, 7) is 0. The maximum atomic E-state index is 12.9. The summed E-state index contributed by atoms with van der Waals surface area (Å²) in [4.78, 5) is 10.2. The van der Waals surface area contributed by atoms with E-state index in [1.54, 1.807) is 12.1 Å². The van der Waals surface area contributed by atoms with Crippen LogP contribution in [0.5, 0.6) is 0 Å². The molecule has 0 aromatic heterocycles. The molecule has 1 fully saturated rings. The van der Waals surface area contributed by atoms with Crippen LogP contribution in [0.1, 0.15) is 30.7 Å². The Kier molecular flexibility index (Phi) is 2.62. The zero-order chi connectivity index (χ0) is 9.97. The highest BCUT2D eigenvalue weighted by molar-refractivity contribution is 5.50. The first-order valence-corrected chi connectivity index (χ1v) is 4.98. The molecule has 0 atom stereocenters. The summed E-state index contributed by atoms with van der Waals surface area (Å²) in [5.74, 6) is 0.831. The lowest BCUT2D eigenvalue weighted by Gasteiger charge is -2.34. The van der Waals surface area contributed by atoms with E-state index in [-0.39, 0.29) is 5.82 Å². The van der Waals surface area contributed by atoms with Crippen LogP contribution in [0.4, 0.5) is 4.39 Å². The first kappa shape index (κ1) is 9.38. The second kappa shape index (κ2) is 3.91. The molecule has 0 unspecified atom stereocenters. The van der Waals surface area contributed by atoms with Gasteiger partial charge in [-0.3, -0.25) is 0 Å². The number of hydrogen-bond acceptors (Lipinski definition) is 1. The van der Waals surface area contributed by atoms with E-state index in [0.29, 0.717) is 18.3 Å². The summed E-state index contributed by atoms with van der Waals surface area (Å²) in [6, 6.07) is 6.77. The fourth-order valence-corrected chi connectivity index (χ4v) is 2.10. The number of carbonyl (C=O) groups excluding carboxylic acids is 1. The van der Waals surface area contributed by atoms with Gasteiger partial charge < -0.3 is 4.79 Å². The van der Waals surface area contributed by atoms with Crippen molar-refractivity contribution >= 4 is 6.29 Å². The van der Waals surface area contributed by atoms with Crippen molar-refractivity contribution in [3.8, 4) is 0 Å². The molecule has 0 aliphatic heterocycles. The standard InChI is InChI=1S/C12H13FO/c13-12-3-1-2-10(8-12)11-6-9(7-11)4-5-14/h1-3,5,8-9,11H,4,6-7H2. The first-order chi connectivity index (χ1) is 6.79. The number of halogens is 1. The Balaban J connectivity index is 1.96. The van der Waals surface area contributed by atoms with Gasteiger partial charge in [-0.2, -0.15) is 0 Å². The second-order valence-corrected chi connectivity index (χ2v) is 3.99. The van der Waals surface area contributed by atoms with Gasteiger partial charge in [-0.15, -0.1) is 0 Å². The molecule has 1 aliphatic rings. The Morgan fingerprint density at radius 3 is 2.86 bits per heavy atom. The molecular weight excluding hydrogens is 179 g/mol. The zero-order valence-corrected chi connectivity index (χ0v) is 7.95. The SMILES string of the molecule is O=CCC1CC(c2cccc(F)c2)C1. The van der Waals surface area contributed by atoms with Crippen LogP contribution in [0, 0.1) is 11.7 Å². The van der Waals surface area contributed by atoms with Crippen LogP contribution < -0.4 is 0 Å². The van der Waals surface area contributed by atoms with Crippen LogP contribution in [0.3, 0.4) is 0 Å². The maximum absolute atomic E-state index is 12.9. The largest absolute Gasteiger partial charge is 0.303 e. The molecule has 1 aromatic rings. The highest BCUT2D eigenvalue weighted by atomic mass is 19.1. The van der Waals surface area contributed by atoms with Crippen molar-refractivity contribution in [3.05, 3.63) is 35.6 Å². The average Bonchev–Trinajstić information content (AvgIpc) is 2.10. The van der Waals surface area contributed by atoms with E-state index in [4.69, 9.17) is 0 Å². The Hall–Kier alpha value is -1.18. The van der Waals surface area contributed by atoms with Gasteiger partial charge in [-0.25, -0.2) is 4.39 Å². The predicted octanol–water partition coefficient (Wildman–Crippen LogP) is 2.91. The number of rotatable bonds is 3. The molecule has 1 saturated carbocycles. The van der Waals surface area contributed by atoms with Crippen molar-refractivity contribution in [1.29, 1.82) is 0 Å². The molecule has 1 aromatic carbocycles. The van der Waals surface area contributed by atoms with Crippen LogP contribution in [0.2, 0.25) is 0 Å². The normalized spacial score (nSPS) is 25.5. The minimum absolute atomic E-state index is 0.165. The van der Waals surface area contributed by atoms with Gasteiger partial charge in [0.1, 0.15) is 12.1 Å². The predicted molar refractivity (Wildman–Crippen MR) is 52.5 cm³/mol. The molecule has 0 saturated heterocycles. The number of benzene rings is 1. The third-order valence-corrected chi connectivity index (χ3v) is 2.99. The number of aldehydes is 1. The molecule has 1 aliphatic carbocycles. The highest BCUT2D eigenvalue weighted by Gasteiger charge is 2.29. The van der Waals surface area contributed by atoms with Crippen molar-refractivity contribution in [3.63, 3.8) is 0 Å². The molecule has 0 radical (unpaired) electrons. The molecule has 2 heteroatoms. The summed E-state index contributed by atoms with van der Waals surface area (Å²) < 4.78 is 12.9. The van der Waals surface area contributed by atoms with Gasteiger partial charge in [-0.05, 0) is 42.4 Å². The van der Waals surface area contributed by atoms with E-state index in [9.17, 15) is 9.18 Å². The van der Waals surface area contributed by atoms with E-state index in [0.717, 1.165) is 24.7 Å². The van der Waals surface area contributed by atoms with E-state index in [1.807, 2.05) is 6.07 Å². The van der Waals surface area contributed by atoms with Gasteiger partial charge in [0.05, 0.1) is 0 Å². The van der Waals surface area contributed by atoms with Gasteiger partial charge in [0, 0.05) is 6.42 Å². The summed E-state index contributed by atoms with van der Waals surface area (Å²) in [5, 5.41) is 0. The summed E-state index contributed by atoms with van der Waals surface area (Å²) in [6.07, 6.45) is 3.70. The molecule has 2 rings (SSSR count). The van der Waals surface area contributed by atoms with Crippen molar-refractivity contribution in [2.24, 2.45) is 5.92 Å². The van der Waals surface area contributed by atoms with Gasteiger partial charge in [0.2, 0.25) is 0 Å². The van der Waals surface area contributed by atoms with Crippen molar-refractivity contribution in [2.45, 2.75) is 25.2 Å². The van der Waals surface area contributed by atoms with Crippen LogP contribution >= 0.6 is 0 Å². The van der Waals surface area contributed by atoms with Crippen molar-refractivity contribution in [1.82, 2.24) is 0 Å². The zero-order valence-electron chi connectivity index (χ0n) is 7.95. The van der Waals surface area contributed by atoms with Crippen LogP contribution in [0.15, 0.2) is 24.3 Å². The third kappa shape index (κ3) is 1.84. The Labute approximate surface area is 82.9 Å². The lowest BCUT2D eigenvalue weighted by atomic mass is 9.70. The monoisotopic (exact) mass is 192 g/mol. The Morgan fingerprint density at radius 1 is 1.43 bits per heavy atom. The fourth-order valence-electron chi connectivity index (χ4n) is 2.10. The minimum atomic E-state index is -0.165. The molecule has 14 heavy (non-hydrogen) atoms. The molecule has 0 N–H and O–H groups in total. The summed E-state index contributed by atoms with van der Waals surface area (Å²) >= 11 is 0. The van der Waals surface area contributed by atoms with E-state index in [1.165, 1.54) is 6.07 Å². The quantitative estimate of drug-likeness (QED) is 0.673. The fraction of sp³-hybridized carbons (Fsp3) is 0.417. The van der Waals surface area contributed by atoms with Gasteiger partial charge in [-0.1, -0.05) is 12.1 Å². The molecule has 0 spiro atoms. The van der Waals surface area contributed by atoms with E-state index < -0.39 is 0 Å². The molecule has 0 bridgehead atoms. The van der Waals surface area contributed by atoms with Crippen LogP contribution in [0.25, 0.3) is 0 Å². The van der Waals surface area contributed by atoms with Crippen molar-refractivity contribution in [2.75, 3.05) is 0 Å². The van der Waals surface area contributed by atoms with Crippen LogP contribution in [-0.4, -0.2) is 6.29 Å². The average molecular weight is 192 g/mol. The Bertz CT molecular complexity index is 329. The first-order valence-electron chi connectivity index (χ1n) is 4.98. The highest BCUT2D eigenvalue weighted by Crippen LogP contribution is 2.42. The third-order valence-electron chi connectivity index (χ3n) is 2.99. The molecular formula is C12H13FO. The molecule has 0 amide bonds. The van der Waals surface area contributed by atoms with Gasteiger partial charge in [0.15, 0.2) is 0 Å². The lowest BCUT2D eigenvalue weighted by Crippen LogP contribution is -2.22. The maximum Gasteiger partial charge on any atom is 0.123 e. The second-order valence-electron chi connectivity index (χ2n) is 3.99. The van der Waals surface area contributed by atoms with E-state index >= 15 is 0 Å². The van der Waals surface area contributed by atoms with Crippen molar-refractivity contribution < 1.29 is 9.18 Å². The molecule has 74 valence electrons. The van der Waals surface area contributed by atoms with Crippen LogP contribution in [-0.2, 0) is 4.79 Å². The van der Waals surface area contributed by atoms with E-state index in [2.05, 4.69) is 0 Å².